The van der Waals surface area contributed by atoms with E-state index in [1.54, 1.807) is 61.7 Å². The molecule has 1 unspecified atom stereocenters. The molecule has 30 heavy (non-hydrogen) atoms. The van der Waals surface area contributed by atoms with Crippen molar-refractivity contribution in [3.63, 3.8) is 0 Å². The van der Waals surface area contributed by atoms with Crippen molar-refractivity contribution in [2.45, 2.75) is 12.2 Å². The van der Waals surface area contributed by atoms with E-state index in [0.29, 0.717) is 17.1 Å². The summed E-state index contributed by atoms with van der Waals surface area (Å²) in [5, 5.41) is -1.55. The van der Waals surface area contributed by atoms with Crippen LogP contribution in [0.1, 0.15) is 18.1 Å². The van der Waals surface area contributed by atoms with Gasteiger partial charge in [-0.25, -0.2) is 8.42 Å². The topological polar surface area (TPSA) is 86.7 Å². The van der Waals surface area contributed by atoms with Crippen LogP contribution in [0.5, 0.6) is 11.5 Å². The molecule has 0 aliphatic carbocycles. The van der Waals surface area contributed by atoms with Crippen molar-refractivity contribution in [3.8, 4) is 11.5 Å². The third-order valence-corrected chi connectivity index (χ3v) is 5.79. The Bertz CT molecular complexity index is 1060. The fraction of sp³-hybridized carbons (Fsp3) is 0.217. The maximum Gasteiger partial charge on any atom is 0.183 e. The third-order valence-electron chi connectivity index (χ3n) is 4.35. The highest BCUT2D eigenvalue weighted by Crippen LogP contribution is 2.21. The van der Waals surface area contributed by atoms with Crippen molar-refractivity contribution in [1.29, 1.82) is 0 Å². The van der Waals surface area contributed by atoms with Crippen LogP contribution in [-0.2, 0) is 19.4 Å². The highest BCUT2D eigenvalue weighted by atomic mass is 32.2. The number of Topliss-reactive ketones (excluding diaryl/α,β-unsaturated/α-hetero) is 1. The quantitative estimate of drug-likeness (QED) is 0.569. The summed E-state index contributed by atoms with van der Waals surface area (Å²) in [6.45, 7) is 1.16. The molecule has 6 nitrogen and oxygen atoms in total. The second-order valence-electron chi connectivity index (χ2n) is 6.66. The van der Waals surface area contributed by atoms with Gasteiger partial charge in [0.05, 0.1) is 14.2 Å². The van der Waals surface area contributed by atoms with Crippen LogP contribution in [0, 0.1) is 0 Å². The van der Waals surface area contributed by atoms with Crippen molar-refractivity contribution < 1.29 is 27.5 Å². The van der Waals surface area contributed by atoms with Gasteiger partial charge in [-0.3, -0.25) is 9.59 Å². The van der Waals surface area contributed by atoms with Gasteiger partial charge in [-0.1, -0.05) is 30.3 Å². The van der Waals surface area contributed by atoms with Gasteiger partial charge in [0.1, 0.15) is 16.7 Å². The number of methoxy groups -OCH3 is 2. The molecule has 0 bridgehead atoms. The van der Waals surface area contributed by atoms with Crippen LogP contribution < -0.4 is 9.47 Å². The first-order valence-corrected chi connectivity index (χ1v) is 11.0. The number of hydrogen-bond donors (Lipinski definition) is 0. The molecule has 7 heteroatoms. The second kappa shape index (κ2) is 10.0. The Hall–Kier alpha value is -3.19. The zero-order valence-corrected chi connectivity index (χ0v) is 18.1. The Morgan fingerprint density at radius 2 is 1.33 bits per heavy atom. The Balaban J connectivity index is 2.47. The fourth-order valence-corrected chi connectivity index (χ4v) is 4.14. The minimum absolute atomic E-state index is 0.111. The first-order chi connectivity index (χ1) is 14.2. The number of allylic oxidation sites excluding steroid dienone is 1. The monoisotopic (exact) mass is 428 g/mol. The highest BCUT2D eigenvalue weighted by molar-refractivity contribution is 7.92. The van der Waals surface area contributed by atoms with Gasteiger partial charge in [0.25, 0.3) is 0 Å². The van der Waals surface area contributed by atoms with Gasteiger partial charge in [-0.2, -0.15) is 0 Å². The van der Waals surface area contributed by atoms with Gasteiger partial charge >= 0.3 is 0 Å². The summed E-state index contributed by atoms with van der Waals surface area (Å²) in [4.78, 5) is 25.1. The Morgan fingerprint density at radius 3 is 1.73 bits per heavy atom. The van der Waals surface area contributed by atoms with Crippen molar-refractivity contribution in [2.24, 2.45) is 0 Å². The van der Waals surface area contributed by atoms with Gasteiger partial charge < -0.3 is 9.47 Å². The summed E-state index contributed by atoms with van der Waals surface area (Å²) in [6, 6.07) is 13.7. The molecule has 2 aromatic rings. The maximum absolute atomic E-state index is 12.9. The summed E-state index contributed by atoms with van der Waals surface area (Å²) >= 11 is 0. The molecule has 0 aliphatic rings. The number of hydrogen-bond acceptors (Lipinski definition) is 6. The van der Waals surface area contributed by atoms with Gasteiger partial charge in [-0.15, -0.1) is 0 Å². The van der Waals surface area contributed by atoms with Crippen LogP contribution in [0.15, 0.2) is 60.2 Å². The summed E-state index contributed by atoms with van der Waals surface area (Å²) in [5.41, 5.74) is 1.19. The Morgan fingerprint density at radius 1 is 0.867 bits per heavy atom. The van der Waals surface area contributed by atoms with Gasteiger partial charge in [0.15, 0.2) is 21.4 Å². The summed E-state index contributed by atoms with van der Waals surface area (Å²) in [5.74, 6) is 0.105. The fourth-order valence-electron chi connectivity index (χ4n) is 2.89. The average molecular weight is 429 g/mol. The van der Waals surface area contributed by atoms with Crippen molar-refractivity contribution in [2.75, 3.05) is 20.5 Å². The van der Waals surface area contributed by atoms with E-state index in [0.717, 1.165) is 18.7 Å². The molecule has 0 saturated heterocycles. The normalized spacial score (nSPS) is 13.1. The van der Waals surface area contributed by atoms with Gasteiger partial charge in [0, 0.05) is 11.8 Å². The summed E-state index contributed by atoms with van der Waals surface area (Å²) < 4.78 is 34.8. The van der Waals surface area contributed by atoms with E-state index in [1.807, 2.05) is 0 Å². The first kappa shape index (κ1) is 23.1. The maximum atomic E-state index is 12.9. The predicted molar refractivity (Wildman–Crippen MR) is 117 cm³/mol. The summed E-state index contributed by atoms with van der Waals surface area (Å²) in [7, 11) is -0.767. The number of ether oxygens (including phenoxy) is 2. The van der Waals surface area contributed by atoms with Crippen molar-refractivity contribution >= 4 is 33.6 Å². The molecule has 0 fully saturated rings. The van der Waals surface area contributed by atoms with E-state index >= 15 is 0 Å². The molecule has 2 rings (SSSR count). The van der Waals surface area contributed by atoms with E-state index in [2.05, 4.69) is 0 Å². The van der Waals surface area contributed by atoms with Crippen LogP contribution in [0.4, 0.5) is 0 Å². The Labute approximate surface area is 176 Å². The summed E-state index contributed by atoms with van der Waals surface area (Å²) in [6.07, 6.45) is 5.19. The third kappa shape index (κ3) is 6.15. The molecular formula is C23H24O6S. The van der Waals surface area contributed by atoms with Crippen molar-refractivity contribution in [3.05, 3.63) is 71.3 Å². The van der Waals surface area contributed by atoms with E-state index in [-0.39, 0.29) is 5.57 Å². The van der Waals surface area contributed by atoms with E-state index < -0.39 is 26.7 Å². The van der Waals surface area contributed by atoms with Crippen molar-refractivity contribution in [1.82, 2.24) is 0 Å². The second-order valence-corrected chi connectivity index (χ2v) is 8.79. The Kier molecular flexibility index (Phi) is 7.72. The lowest BCUT2D eigenvalue weighted by atomic mass is 10.0. The molecule has 2 aromatic carbocycles. The molecule has 0 aliphatic heterocycles. The standard InChI is InChI=1S/C23H24O6S/c1-16(24)23(30(4,26)27)21(15-18-7-12-20(29-3)13-8-18)22(25)14-9-17-5-10-19(28-2)11-6-17/h5-15,23H,1-4H3. The van der Waals surface area contributed by atoms with E-state index in [9.17, 15) is 18.0 Å². The number of sulfone groups is 1. The van der Waals surface area contributed by atoms with Crippen LogP contribution in [0.25, 0.3) is 12.2 Å². The molecule has 0 N–H and O–H groups in total. The molecular weight excluding hydrogens is 404 g/mol. The molecule has 0 saturated carbocycles. The largest absolute Gasteiger partial charge is 0.497 e. The van der Waals surface area contributed by atoms with E-state index in [1.165, 1.54) is 19.3 Å². The van der Waals surface area contributed by atoms with Crippen LogP contribution in [-0.4, -0.2) is 45.7 Å². The van der Waals surface area contributed by atoms with Crippen LogP contribution in [0.2, 0.25) is 0 Å². The number of rotatable bonds is 9. The SMILES string of the molecule is COc1ccc(C=CC(=O)C(=Cc2ccc(OC)cc2)C(C(C)=O)S(C)(=O)=O)cc1. The lowest BCUT2D eigenvalue weighted by molar-refractivity contribution is -0.118. The smallest absolute Gasteiger partial charge is 0.183 e. The highest BCUT2D eigenvalue weighted by Gasteiger charge is 2.32. The molecule has 0 heterocycles. The first-order valence-electron chi connectivity index (χ1n) is 9.07. The number of carbonyl (C=O) groups excluding carboxylic acids is 2. The molecule has 0 radical (unpaired) electrons. The minimum atomic E-state index is -3.85. The number of benzene rings is 2. The predicted octanol–water partition coefficient (Wildman–Crippen LogP) is 3.37. The van der Waals surface area contributed by atoms with Gasteiger partial charge in [0.2, 0.25) is 0 Å². The van der Waals surface area contributed by atoms with E-state index in [4.69, 9.17) is 9.47 Å². The number of carbonyl (C=O) groups is 2. The zero-order chi connectivity index (χ0) is 22.3. The molecule has 0 aromatic heterocycles. The molecule has 1 atom stereocenters. The average Bonchev–Trinajstić information content (AvgIpc) is 2.71. The van der Waals surface area contributed by atoms with Crippen LogP contribution >= 0.6 is 0 Å². The molecule has 0 spiro atoms. The van der Waals surface area contributed by atoms with Gasteiger partial charge in [-0.05, 0) is 54.5 Å². The lowest BCUT2D eigenvalue weighted by Gasteiger charge is -2.14. The molecule has 0 amide bonds. The lowest BCUT2D eigenvalue weighted by Crippen LogP contribution is -2.32. The molecule has 158 valence electrons. The number of ketones is 2. The minimum Gasteiger partial charge on any atom is -0.497 e. The zero-order valence-electron chi connectivity index (χ0n) is 17.3. The van der Waals surface area contributed by atoms with Crippen LogP contribution in [0.3, 0.4) is 0 Å².